The van der Waals surface area contributed by atoms with E-state index >= 15 is 0 Å². The van der Waals surface area contributed by atoms with E-state index in [-0.39, 0.29) is 17.5 Å². The fourth-order valence-electron chi connectivity index (χ4n) is 2.19. The first-order valence-corrected chi connectivity index (χ1v) is 10.4. The SMILES string of the molecule is CCOC(=O)/C(=C(\SCC)SCC(=O)c1ccccc1)[n+]1ccccc1. The summed E-state index contributed by atoms with van der Waals surface area (Å²) in [5.41, 5.74) is 1.12. The van der Waals surface area contributed by atoms with Crippen molar-refractivity contribution in [3.63, 3.8) is 0 Å². The van der Waals surface area contributed by atoms with Crippen LogP contribution in [0.5, 0.6) is 0 Å². The summed E-state index contributed by atoms with van der Waals surface area (Å²) in [6.07, 6.45) is 3.62. The van der Waals surface area contributed by atoms with Crippen LogP contribution >= 0.6 is 23.5 Å². The lowest BCUT2D eigenvalue weighted by Gasteiger charge is -2.09. The summed E-state index contributed by atoms with van der Waals surface area (Å²) in [7, 11) is 0. The lowest BCUT2D eigenvalue weighted by atomic mass is 10.2. The Bertz CT molecular complexity index is 761. The summed E-state index contributed by atoms with van der Waals surface area (Å²) in [5, 5.41) is 0. The zero-order valence-electron chi connectivity index (χ0n) is 14.9. The van der Waals surface area contributed by atoms with Crippen molar-refractivity contribution < 1.29 is 18.9 Å². The molecule has 4 nitrogen and oxygen atoms in total. The van der Waals surface area contributed by atoms with Crippen molar-refractivity contribution in [1.29, 1.82) is 0 Å². The third-order valence-corrected chi connectivity index (χ3v) is 5.65. The molecular formula is C20H22NO3S2+. The predicted octanol–water partition coefficient (Wildman–Crippen LogP) is 4.03. The van der Waals surface area contributed by atoms with Gasteiger partial charge in [0.15, 0.2) is 18.2 Å². The lowest BCUT2D eigenvalue weighted by Crippen LogP contribution is -2.37. The zero-order chi connectivity index (χ0) is 18.8. The van der Waals surface area contributed by atoms with Gasteiger partial charge in [0.1, 0.15) is 4.24 Å². The number of benzene rings is 1. The van der Waals surface area contributed by atoms with Gasteiger partial charge in [-0.1, -0.05) is 43.3 Å². The molecule has 6 heteroatoms. The van der Waals surface area contributed by atoms with E-state index in [1.807, 2.05) is 55.7 Å². The molecule has 1 aromatic carbocycles. The Balaban J connectivity index is 2.31. The average molecular weight is 389 g/mol. The molecule has 1 heterocycles. The first-order chi connectivity index (χ1) is 12.7. The third-order valence-electron chi connectivity index (χ3n) is 3.34. The molecule has 0 aliphatic rings. The van der Waals surface area contributed by atoms with Crippen LogP contribution in [-0.2, 0) is 9.53 Å². The van der Waals surface area contributed by atoms with Gasteiger partial charge in [-0.05, 0) is 12.7 Å². The van der Waals surface area contributed by atoms with Crippen LogP contribution in [0.1, 0.15) is 24.2 Å². The van der Waals surface area contributed by atoms with Gasteiger partial charge < -0.3 is 4.74 Å². The quantitative estimate of drug-likeness (QED) is 0.281. The minimum absolute atomic E-state index is 0.0334. The molecule has 0 spiro atoms. The van der Waals surface area contributed by atoms with E-state index in [9.17, 15) is 9.59 Å². The van der Waals surface area contributed by atoms with E-state index in [1.54, 1.807) is 23.6 Å². The molecular weight excluding hydrogens is 366 g/mol. The molecule has 0 N–H and O–H groups in total. The number of Topliss-reactive ketones (excluding diaryl/α,β-unsaturated/α-hetero) is 1. The topological polar surface area (TPSA) is 47.3 Å². The highest BCUT2D eigenvalue weighted by atomic mass is 32.2. The smallest absolute Gasteiger partial charge is 0.405 e. The van der Waals surface area contributed by atoms with Gasteiger partial charge in [0.2, 0.25) is 0 Å². The maximum Gasteiger partial charge on any atom is 0.405 e. The van der Waals surface area contributed by atoms with E-state index in [4.69, 9.17) is 4.74 Å². The van der Waals surface area contributed by atoms with Crippen LogP contribution in [0.2, 0.25) is 0 Å². The Labute approximate surface area is 162 Å². The summed E-state index contributed by atoms with van der Waals surface area (Å²) >= 11 is 2.92. The van der Waals surface area contributed by atoms with E-state index in [0.29, 0.717) is 17.9 Å². The molecule has 26 heavy (non-hydrogen) atoms. The van der Waals surface area contributed by atoms with Crippen molar-refractivity contribution in [3.05, 3.63) is 70.7 Å². The highest BCUT2D eigenvalue weighted by molar-refractivity contribution is 8.22. The number of pyridine rings is 1. The van der Waals surface area contributed by atoms with Crippen molar-refractivity contribution in [2.24, 2.45) is 0 Å². The van der Waals surface area contributed by atoms with Gasteiger partial charge in [-0.2, -0.15) is 4.57 Å². The Kier molecular flexibility index (Phi) is 8.44. The maximum atomic E-state index is 12.6. The average Bonchev–Trinajstić information content (AvgIpc) is 2.68. The number of rotatable bonds is 9. The number of hydrogen-bond acceptors (Lipinski definition) is 5. The van der Waals surface area contributed by atoms with Crippen LogP contribution in [0.25, 0.3) is 5.70 Å². The van der Waals surface area contributed by atoms with Gasteiger partial charge in [0, 0.05) is 17.7 Å². The lowest BCUT2D eigenvalue weighted by molar-refractivity contribution is -0.578. The van der Waals surface area contributed by atoms with Crippen molar-refractivity contribution >= 4 is 41.0 Å². The van der Waals surface area contributed by atoms with E-state index in [0.717, 1.165) is 9.99 Å². The van der Waals surface area contributed by atoms with Crippen molar-refractivity contribution in [3.8, 4) is 0 Å². The fraction of sp³-hybridized carbons (Fsp3) is 0.250. The molecule has 136 valence electrons. The minimum atomic E-state index is -0.390. The Morgan fingerprint density at radius 3 is 2.23 bits per heavy atom. The monoisotopic (exact) mass is 388 g/mol. The van der Waals surface area contributed by atoms with Gasteiger partial charge in [0.05, 0.1) is 12.4 Å². The van der Waals surface area contributed by atoms with Crippen LogP contribution in [-0.4, -0.2) is 29.9 Å². The summed E-state index contributed by atoms with van der Waals surface area (Å²) in [6, 6.07) is 14.8. The molecule has 0 aliphatic carbocycles. The number of ketones is 1. The van der Waals surface area contributed by atoms with E-state index in [2.05, 4.69) is 0 Å². The largest absolute Gasteiger partial charge is 0.458 e. The van der Waals surface area contributed by atoms with E-state index < -0.39 is 0 Å². The number of aromatic nitrogens is 1. The van der Waals surface area contributed by atoms with Gasteiger partial charge in [-0.25, -0.2) is 4.79 Å². The normalized spacial score (nSPS) is 11.6. The van der Waals surface area contributed by atoms with Crippen LogP contribution in [0.3, 0.4) is 0 Å². The number of carbonyl (C=O) groups is 2. The summed E-state index contributed by atoms with van der Waals surface area (Å²) in [6.45, 7) is 4.10. The van der Waals surface area contributed by atoms with Gasteiger partial charge in [-0.15, -0.1) is 23.5 Å². The molecule has 0 saturated carbocycles. The maximum absolute atomic E-state index is 12.6. The molecule has 0 bridgehead atoms. The summed E-state index contributed by atoms with van der Waals surface area (Å²) < 4.78 is 7.78. The standard InChI is InChI=1S/C20H22NO3S2/c1-3-24-19(23)18(21-13-9-6-10-14-21)20(25-4-2)26-15-17(22)16-11-7-5-8-12-16/h5-14H,3-4,15H2,1-2H3/q+1/b20-18-. The number of thioether (sulfide) groups is 2. The van der Waals surface area contributed by atoms with Gasteiger partial charge in [0.25, 0.3) is 0 Å². The molecule has 0 amide bonds. The van der Waals surface area contributed by atoms with Crippen molar-refractivity contribution in [1.82, 2.24) is 0 Å². The van der Waals surface area contributed by atoms with E-state index in [1.165, 1.54) is 23.5 Å². The second-order valence-corrected chi connectivity index (χ2v) is 7.67. The Hall–Kier alpha value is -2.05. The summed E-state index contributed by atoms with van der Waals surface area (Å²) in [4.78, 5) is 25.0. The number of nitrogens with zero attached hydrogens (tertiary/aromatic N) is 1. The van der Waals surface area contributed by atoms with Crippen LogP contribution < -0.4 is 4.57 Å². The highest BCUT2D eigenvalue weighted by Crippen LogP contribution is 2.32. The van der Waals surface area contributed by atoms with Crippen molar-refractivity contribution in [2.45, 2.75) is 13.8 Å². The highest BCUT2D eigenvalue weighted by Gasteiger charge is 2.28. The number of carbonyl (C=O) groups excluding carboxylic acids is 2. The molecule has 2 aromatic rings. The second kappa shape index (κ2) is 10.8. The van der Waals surface area contributed by atoms with Crippen molar-refractivity contribution in [2.75, 3.05) is 18.1 Å². The Morgan fingerprint density at radius 2 is 1.62 bits per heavy atom. The molecule has 0 saturated heterocycles. The first-order valence-electron chi connectivity index (χ1n) is 8.39. The third kappa shape index (κ3) is 5.75. The minimum Gasteiger partial charge on any atom is -0.458 e. The van der Waals surface area contributed by atoms with Gasteiger partial charge in [-0.3, -0.25) is 4.79 Å². The van der Waals surface area contributed by atoms with Crippen LogP contribution in [0.15, 0.2) is 65.2 Å². The molecule has 0 radical (unpaired) electrons. The molecule has 2 rings (SSSR count). The first kappa shape index (κ1) is 20.3. The summed E-state index contributed by atoms with van der Waals surface area (Å²) in [5.74, 6) is 0.700. The molecule has 0 atom stereocenters. The number of ether oxygens (including phenoxy) is 1. The molecule has 1 aromatic heterocycles. The second-order valence-electron chi connectivity index (χ2n) is 5.15. The Morgan fingerprint density at radius 1 is 0.962 bits per heavy atom. The molecule has 0 unspecified atom stereocenters. The van der Waals surface area contributed by atoms with Gasteiger partial charge >= 0.3 is 11.7 Å². The molecule has 0 aliphatic heterocycles. The molecule has 0 fully saturated rings. The van der Waals surface area contributed by atoms with Crippen LogP contribution in [0.4, 0.5) is 0 Å². The predicted molar refractivity (Wildman–Crippen MR) is 108 cm³/mol. The van der Waals surface area contributed by atoms with Crippen LogP contribution in [0, 0.1) is 0 Å². The zero-order valence-corrected chi connectivity index (χ0v) is 16.5. The number of hydrogen-bond donors (Lipinski definition) is 0. The fourth-order valence-corrected chi connectivity index (χ4v) is 4.39. The number of esters is 1.